The molecule has 0 fully saturated rings. The summed E-state index contributed by atoms with van der Waals surface area (Å²) in [7, 11) is 0. The van der Waals surface area contributed by atoms with Crippen LogP contribution in [0.3, 0.4) is 0 Å². The van der Waals surface area contributed by atoms with Crippen molar-refractivity contribution in [3.8, 4) is 0 Å². The van der Waals surface area contributed by atoms with Crippen molar-refractivity contribution in [3.63, 3.8) is 0 Å². The third kappa shape index (κ3) is 3.29. The van der Waals surface area contributed by atoms with Crippen LogP contribution in [0.5, 0.6) is 0 Å². The van der Waals surface area contributed by atoms with Crippen LogP contribution in [0.2, 0.25) is 0 Å². The van der Waals surface area contributed by atoms with Gasteiger partial charge in [-0.05, 0) is 30.7 Å². The molecule has 0 radical (unpaired) electrons. The maximum absolute atomic E-state index is 11.0. The molecule has 0 bridgehead atoms. The fourth-order valence-electron chi connectivity index (χ4n) is 1.73. The highest BCUT2D eigenvalue weighted by Gasteiger charge is 2.16. The molecule has 98 valence electrons. The first-order valence-electron chi connectivity index (χ1n) is 5.68. The minimum absolute atomic E-state index is 0.0464. The van der Waals surface area contributed by atoms with Crippen LogP contribution in [0.15, 0.2) is 47.2 Å². The molecule has 19 heavy (non-hydrogen) atoms. The van der Waals surface area contributed by atoms with Gasteiger partial charge >= 0.3 is 0 Å². The van der Waals surface area contributed by atoms with E-state index in [-0.39, 0.29) is 11.7 Å². The molecule has 1 aromatic heterocycles. The number of hydrogen-bond acceptors (Lipinski definition) is 4. The Kier molecular flexibility index (Phi) is 4.11. The largest absolute Gasteiger partial charge is 0.373 e. The van der Waals surface area contributed by atoms with Gasteiger partial charge in [0, 0.05) is 22.9 Å². The summed E-state index contributed by atoms with van der Waals surface area (Å²) >= 11 is 3.23. The SMILES string of the molecule is CC(Nc1ccc(Br)cc1[N+](=O)[O-])c1cccnc1. The lowest BCUT2D eigenvalue weighted by Crippen LogP contribution is -2.08. The van der Waals surface area contributed by atoms with Crippen molar-refractivity contribution in [2.45, 2.75) is 13.0 Å². The smallest absolute Gasteiger partial charge is 0.293 e. The van der Waals surface area contributed by atoms with Crippen LogP contribution in [0.1, 0.15) is 18.5 Å². The normalized spacial score (nSPS) is 11.9. The highest BCUT2D eigenvalue weighted by molar-refractivity contribution is 9.10. The van der Waals surface area contributed by atoms with Crippen LogP contribution in [-0.4, -0.2) is 9.91 Å². The molecular weight excluding hydrogens is 310 g/mol. The average molecular weight is 322 g/mol. The van der Waals surface area contributed by atoms with E-state index in [1.807, 2.05) is 19.1 Å². The number of benzene rings is 1. The number of nitrogens with one attached hydrogen (secondary N) is 1. The van der Waals surface area contributed by atoms with E-state index in [9.17, 15) is 10.1 Å². The van der Waals surface area contributed by atoms with E-state index in [0.717, 1.165) is 5.56 Å². The molecule has 0 spiro atoms. The molecule has 1 aromatic carbocycles. The summed E-state index contributed by atoms with van der Waals surface area (Å²) in [4.78, 5) is 14.7. The standard InChI is InChI=1S/C13H12BrN3O2/c1-9(10-3-2-6-15-8-10)16-12-5-4-11(14)7-13(12)17(18)19/h2-9,16H,1H3. The third-order valence-corrected chi connectivity index (χ3v) is 3.21. The fourth-order valence-corrected chi connectivity index (χ4v) is 2.08. The Morgan fingerprint density at radius 2 is 2.21 bits per heavy atom. The molecule has 0 amide bonds. The lowest BCUT2D eigenvalue weighted by atomic mass is 10.1. The van der Waals surface area contributed by atoms with Crippen LogP contribution in [-0.2, 0) is 0 Å². The number of aromatic nitrogens is 1. The van der Waals surface area contributed by atoms with E-state index in [4.69, 9.17) is 0 Å². The maximum atomic E-state index is 11.0. The zero-order chi connectivity index (χ0) is 13.8. The molecule has 0 saturated carbocycles. The Bertz CT molecular complexity index is 590. The number of hydrogen-bond donors (Lipinski definition) is 1. The van der Waals surface area contributed by atoms with Crippen molar-refractivity contribution in [2.75, 3.05) is 5.32 Å². The minimum atomic E-state index is -0.400. The Morgan fingerprint density at radius 1 is 1.42 bits per heavy atom. The molecule has 0 aliphatic heterocycles. The van der Waals surface area contributed by atoms with E-state index >= 15 is 0 Å². The van der Waals surface area contributed by atoms with Crippen LogP contribution in [0.4, 0.5) is 11.4 Å². The van der Waals surface area contributed by atoms with E-state index in [1.165, 1.54) is 6.07 Å². The Balaban J connectivity index is 2.26. The van der Waals surface area contributed by atoms with Gasteiger partial charge in [0.05, 0.1) is 11.0 Å². The maximum Gasteiger partial charge on any atom is 0.293 e. The highest BCUT2D eigenvalue weighted by Crippen LogP contribution is 2.30. The Morgan fingerprint density at radius 3 is 2.84 bits per heavy atom. The predicted molar refractivity (Wildman–Crippen MR) is 77.1 cm³/mol. The summed E-state index contributed by atoms with van der Waals surface area (Å²) < 4.78 is 0.679. The topological polar surface area (TPSA) is 68.1 Å². The fraction of sp³-hybridized carbons (Fsp3) is 0.154. The average Bonchev–Trinajstić information content (AvgIpc) is 2.41. The second-order valence-electron chi connectivity index (χ2n) is 4.07. The number of nitro benzene ring substituents is 1. The van der Waals surface area contributed by atoms with Crippen molar-refractivity contribution in [1.29, 1.82) is 0 Å². The summed E-state index contributed by atoms with van der Waals surface area (Å²) in [6.07, 6.45) is 3.43. The molecule has 1 unspecified atom stereocenters. The Labute approximate surface area is 119 Å². The van der Waals surface area contributed by atoms with Crippen LogP contribution in [0, 0.1) is 10.1 Å². The second kappa shape index (κ2) is 5.79. The van der Waals surface area contributed by atoms with Gasteiger partial charge in [-0.1, -0.05) is 22.0 Å². The van der Waals surface area contributed by atoms with Gasteiger partial charge in [0.25, 0.3) is 5.69 Å². The third-order valence-electron chi connectivity index (χ3n) is 2.71. The number of anilines is 1. The van der Waals surface area contributed by atoms with Gasteiger partial charge in [0.1, 0.15) is 5.69 Å². The zero-order valence-corrected chi connectivity index (χ0v) is 11.8. The summed E-state index contributed by atoms with van der Waals surface area (Å²) in [5.41, 5.74) is 1.51. The van der Waals surface area contributed by atoms with Crippen LogP contribution in [0.25, 0.3) is 0 Å². The van der Waals surface area contributed by atoms with E-state index in [1.54, 1.807) is 24.5 Å². The quantitative estimate of drug-likeness (QED) is 0.684. The molecule has 0 saturated heterocycles. The first-order valence-corrected chi connectivity index (χ1v) is 6.47. The van der Waals surface area contributed by atoms with Gasteiger partial charge in [0.2, 0.25) is 0 Å². The van der Waals surface area contributed by atoms with Crippen molar-refractivity contribution in [1.82, 2.24) is 4.98 Å². The number of nitrogens with zero attached hydrogens (tertiary/aromatic N) is 2. The predicted octanol–water partition coefficient (Wildman–Crippen LogP) is 3.93. The monoisotopic (exact) mass is 321 g/mol. The van der Waals surface area contributed by atoms with Crippen LogP contribution >= 0.6 is 15.9 Å². The van der Waals surface area contributed by atoms with Crippen LogP contribution < -0.4 is 5.32 Å². The molecule has 5 nitrogen and oxygen atoms in total. The van der Waals surface area contributed by atoms with Crippen molar-refractivity contribution in [2.24, 2.45) is 0 Å². The number of nitro groups is 1. The number of pyridine rings is 1. The molecular formula is C13H12BrN3O2. The Hall–Kier alpha value is -1.95. The van der Waals surface area contributed by atoms with E-state index < -0.39 is 4.92 Å². The number of rotatable bonds is 4. The minimum Gasteiger partial charge on any atom is -0.373 e. The van der Waals surface area contributed by atoms with Gasteiger partial charge in [0.15, 0.2) is 0 Å². The van der Waals surface area contributed by atoms with Gasteiger partial charge in [-0.25, -0.2) is 0 Å². The lowest BCUT2D eigenvalue weighted by molar-refractivity contribution is -0.384. The highest BCUT2D eigenvalue weighted by atomic mass is 79.9. The molecule has 0 aliphatic rings. The van der Waals surface area contributed by atoms with Crippen molar-refractivity contribution < 1.29 is 4.92 Å². The summed E-state index contributed by atoms with van der Waals surface area (Å²) in [6.45, 7) is 1.93. The molecule has 1 atom stereocenters. The van der Waals surface area contributed by atoms with Gasteiger partial charge < -0.3 is 5.32 Å². The molecule has 1 N–H and O–H groups in total. The summed E-state index contributed by atoms with van der Waals surface area (Å²) in [5.74, 6) is 0. The summed E-state index contributed by atoms with van der Waals surface area (Å²) in [5, 5.41) is 14.2. The van der Waals surface area contributed by atoms with E-state index in [2.05, 4.69) is 26.2 Å². The molecule has 6 heteroatoms. The first kappa shape index (κ1) is 13.5. The molecule has 1 heterocycles. The lowest BCUT2D eigenvalue weighted by Gasteiger charge is -2.15. The van der Waals surface area contributed by atoms with E-state index in [0.29, 0.717) is 10.2 Å². The molecule has 2 aromatic rings. The van der Waals surface area contributed by atoms with Crippen molar-refractivity contribution in [3.05, 3.63) is 62.9 Å². The van der Waals surface area contributed by atoms with Gasteiger partial charge in [-0.2, -0.15) is 0 Å². The zero-order valence-electron chi connectivity index (χ0n) is 10.2. The van der Waals surface area contributed by atoms with Crippen molar-refractivity contribution >= 4 is 27.3 Å². The molecule has 2 rings (SSSR count). The number of halogens is 1. The van der Waals surface area contributed by atoms with Gasteiger partial charge in [-0.3, -0.25) is 15.1 Å². The first-order chi connectivity index (χ1) is 9.08. The van der Waals surface area contributed by atoms with Gasteiger partial charge in [-0.15, -0.1) is 0 Å². The summed E-state index contributed by atoms with van der Waals surface area (Å²) in [6, 6.07) is 8.64. The molecule has 0 aliphatic carbocycles. The second-order valence-corrected chi connectivity index (χ2v) is 4.99.